The van der Waals surface area contributed by atoms with Crippen LogP contribution >= 0.6 is 27.5 Å². The molecular formula is C18H20BrClN3O+. The van der Waals surface area contributed by atoms with E-state index in [0.717, 1.165) is 42.0 Å². The minimum Gasteiger partial charge on any atom is -0.359 e. The van der Waals surface area contributed by atoms with E-state index in [1.165, 1.54) is 4.90 Å². The molecule has 4 nitrogen and oxygen atoms in total. The quantitative estimate of drug-likeness (QED) is 0.818. The van der Waals surface area contributed by atoms with E-state index in [2.05, 4.69) is 33.2 Å². The Morgan fingerprint density at radius 1 is 1.21 bits per heavy atom. The van der Waals surface area contributed by atoms with Crippen molar-refractivity contribution in [3.8, 4) is 0 Å². The molecule has 1 amide bonds. The van der Waals surface area contributed by atoms with Crippen molar-refractivity contribution in [2.75, 3.05) is 43.4 Å². The van der Waals surface area contributed by atoms with Gasteiger partial charge in [-0.1, -0.05) is 23.7 Å². The van der Waals surface area contributed by atoms with Crippen molar-refractivity contribution in [3.05, 3.63) is 57.5 Å². The van der Waals surface area contributed by atoms with Crippen LogP contribution in [0.5, 0.6) is 0 Å². The summed E-state index contributed by atoms with van der Waals surface area (Å²) in [5, 5.41) is 3.63. The maximum atomic E-state index is 12.6. The standard InChI is InChI=1S/C18H19BrClN3O/c1-22-8-10-23(11-9-22)17-7-6-13(20)12-16(17)21-18(24)14-4-2-3-5-15(14)19/h2-7,12H,8-11H2,1H3,(H,21,24)/p+1. The molecule has 1 aliphatic heterocycles. The first-order chi connectivity index (χ1) is 11.5. The molecule has 24 heavy (non-hydrogen) atoms. The number of likely N-dealkylation sites (N-methyl/N-ethyl adjacent to an activating group) is 1. The van der Waals surface area contributed by atoms with E-state index in [0.29, 0.717) is 10.6 Å². The lowest BCUT2D eigenvalue weighted by Crippen LogP contribution is -3.12. The topological polar surface area (TPSA) is 36.8 Å². The van der Waals surface area contributed by atoms with Crippen LogP contribution in [-0.2, 0) is 0 Å². The molecule has 0 aromatic heterocycles. The molecular weight excluding hydrogens is 390 g/mol. The zero-order valence-electron chi connectivity index (χ0n) is 13.5. The van der Waals surface area contributed by atoms with Gasteiger partial charge < -0.3 is 15.1 Å². The largest absolute Gasteiger partial charge is 0.359 e. The van der Waals surface area contributed by atoms with Crippen LogP contribution in [-0.4, -0.2) is 39.1 Å². The summed E-state index contributed by atoms with van der Waals surface area (Å²) < 4.78 is 0.772. The second kappa shape index (κ2) is 7.55. The van der Waals surface area contributed by atoms with Gasteiger partial charge >= 0.3 is 0 Å². The smallest absolute Gasteiger partial charge is 0.256 e. The van der Waals surface area contributed by atoms with Gasteiger partial charge in [-0.05, 0) is 46.3 Å². The second-order valence-electron chi connectivity index (χ2n) is 6.04. The summed E-state index contributed by atoms with van der Waals surface area (Å²) in [5.74, 6) is -0.147. The zero-order chi connectivity index (χ0) is 17.1. The zero-order valence-corrected chi connectivity index (χ0v) is 15.8. The molecule has 2 aromatic carbocycles. The Balaban J connectivity index is 1.86. The molecule has 1 saturated heterocycles. The number of rotatable bonds is 3. The maximum absolute atomic E-state index is 12.6. The van der Waals surface area contributed by atoms with Gasteiger partial charge in [-0.15, -0.1) is 0 Å². The summed E-state index contributed by atoms with van der Waals surface area (Å²) in [6.45, 7) is 4.09. The fourth-order valence-electron chi connectivity index (χ4n) is 2.85. The van der Waals surface area contributed by atoms with Gasteiger partial charge in [0.2, 0.25) is 0 Å². The van der Waals surface area contributed by atoms with Crippen LogP contribution in [0.3, 0.4) is 0 Å². The third-order valence-electron chi connectivity index (χ3n) is 4.28. The molecule has 0 radical (unpaired) electrons. The van der Waals surface area contributed by atoms with Gasteiger partial charge in [0.25, 0.3) is 5.91 Å². The minimum absolute atomic E-state index is 0.147. The predicted molar refractivity (Wildman–Crippen MR) is 102 cm³/mol. The number of amides is 1. The van der Waals surface area contributed by atoms with E-state index in [1.807, 2.05) is 36.4 Å². The molecule has 126 valence electrons. The summed E-state index contributed by atoms with van der Waals surface area (Å²) in [6, 6.07) is 13.1. The SMILES string of the molecule is C[NH+]1CCN(c2ccc(Cl)cc2NC(=O)c2ccccc2Br)CC1. The van der Waals surface area contributed by atoms with Crippen molar-refractivity contribution in [3.63, 3.8) is 0 Å². The van der Waals surface area contributed by atoms with Crippen LogP contribution in [0.25, 0.3) is 0 Å². The first-order valence-electron chi connectivity index (χ1n) is 7.96. The van der Waals surface area contributed by atoms with E-state index in [1.54, 1.807) is 6.07 Å². The fraction of sp³-hybridized carbons (Fsp3) is 0.278. The average molecular weight is 410 g/mol. The van der Waals surface area contributed by atoms with Crippen molar-refractivity contribution in [2.45, 2.75) is 0 Å². The van der Waals surface area contributed by atoms with Gasteiger partial charge in [0.15, 0.2) is 0 Å². The fourth-order valence-corrected chi connectivity index (χ4v) is 3.49. The van der Waals surface area contributed by atoms with Crippen molar-refractivity contribution in [1.82, 2.24) is 0 Å². The Hall–Kier alpha value is -1.56. The Kier molecular flexibility index (Phi) is 5.43. The number of nitrogens with one attached hydrogen (secondary N) is 2. The number of carbonyl (C=O) groups excluding carboxylic acids is 1. The van der Waals surface area contributed by atoms with E-state index >= 15 is 0 Å². The molecule has 0 unspecified atom stereocenters. The molecule has 1 heterocycles. The van der Waals surface area contributed by atoms with Gasteiger partial charge in [0.1, 0.15) is 0 Å². The molecule has 0 atom stereocenters. The number of anilines is 2. The van der Waals surface area contributed by atoms with Gasteiger partial charge in [-0.3, -0.25) is 4.79 Å². The summed E-state index contributed by atoms with van der Waals surface area (Å²) >= 11 is 9.58. The lowest BCUT2D eigenvalue weighted by atomic mass is 10.1. The van der Waals surface area contributed by atoms with Gasteiger partial charge in [0.05, 0.1) is 50.2 Å². The van der Waals surface area contributed by atoms with Crippen molar-refractivity contribution < 1.29 is 9.69 Å². The van der Waals surface area contributed by atoms with Gasteiger partial charge in [-0.25, -0.2) is 0 Å². The molecule has 6 heteroatoms. The highest BCUT2D eigenvalue weighted by molar-refractivity contribution is 9.10. The van der Waals surface area contributed by atoms with Crippen LogP contribution < -0.4 is 15.1 Å². The number of carbonyl (C=O) groups is 1. The molecule has 2 aromatic rings. The van der Waals surface area contributed by atoms with Gasteiger partial charge in [-0.2, -0.15) is 0 Å². The molecule has 0 spiro atoms. The van der Waals surface area contributed by atoms with Crippen molar-refractivity contribution >= 4 is 44.8 Å². The normalized spacial score (nSPS) is 15.4. The predicted octanol–water partition coefficient (Wildman–Crippen LogP) is 2.69. The highest BCUT2D eigenvalue weighted by Gasteiger charge is 2.21. The number of hydrogen-bond acceptors (Lipinski definition) is 2. The molecule has 1 fully saturated rings. The number of halogens is 2. The number of piperazine rings is 1. The van der Waals surface area contributed by atoms with Crippen LogP contribution in [0.15, 0.2) is 46.9 Å². The third-order valence-corrected chi connectivity index (χ3v) is 5.21. The van der Waals surface area contributed by atoms with Gasteiger partial charge in [0, 0.05) is 9.50 Å². The highest BCUT2D eigenvalue weighted by atomic mass is 79.9. The number of quaternary nitrogens is 1. The van der Waals surface area contributed by atoms with Crippen molar-refractivity contribution in [1.29, 1.82) is 0 Å². The summed E-state index contributed by atoms with van der Waals surface area (Å²) in [6.07, 6.45) is 0. The first kappa shape index (κ1) is 17.3. The second-order valence-corrected chi connectivity index (χ2v) is 7.33. The molecule has 2 N–H and O–H groups in total. The Labute approximate surface area is 155 Å². The average Bonchev–Trinajstić information content (AvgIpc) is 2.56. The van der Waals surface area contributed by atoms with E-state index in [-0.39, 0.29) is 5.91 Å². The summed E-state index contributed by atoms with van der Waals surface area (Å²) in [4.78, 5) is 16.5. The highest BCUT2D eigenvalue weighted by Crippen LogP contribution is 2.30. The van der Waals surface area contributed by atoms with E-state index in [9.17, 15) is 4.79 Å². The van der Waals surface area contributed by atoms with Crippen LogP contribution in [0, 0.1) is 0 Å². The molecule has 0 saturated carbocycles. The summed E-state index contributed by atoms with van der Waals surface area (Å²) in [7, 11) is 2.20. The van der Waals surface area contributed by atoms with Crippen molar-refractivity contribution in [2.24, 2.45) is 0 Å². The van der Waals surface area contributed by atoms with Crippen LogP contribution in [0.2, 0.25) is 5.02 Å². The Morgan fingerprint density at radius 3 is 2.62 bits per heavy atom. The Bertz CT molecular complexity index is 745. The molecule has 0 bridgehead atoms. The lowest BCUT2D eigenvalue weighted by Gasteiger charge is -2.33. The summed E-state index contributed by atoms with van der Waals surface area (Å²) in [5.41, 5.74) is 2.38. The van der Waals surface area contributed by atoms with E-state index in [4.69, 9.17) is 11.6 Å². The molecule has 1 aliphatic rings. The minimum atomic E-state index is -0.147. The number of benzene rings is 2. The number of nitrogens with zero attached hydrogens (tertiary/aromatic N) is 1. The Morgan fingerprint density at radius 2 is 1.92 bits per heavy atom. The third kappa shape index (κ3) is 3.91. The first-order valence-corrected chi connectivity index (χ1v) is 9.13. The molecule has 3 rings (SSSR count). The lowest BCUT2D eigenvalue weighted by molar-refractivity contribution is -0.880. The van der Waals surface area contributed by atoms with Crippen LogP contribution in [0.1, 0.15) is 10.4 Å². The monoisotopic (exact) mass is 408 g/mol. The van der Waals surface area contributed by atoms with E-state index < -0.39 is 0 Å². The number of hydrogen-bond donors (Lipinski definition) is 2. The van der Waals surface area contributed by atoms with Crippen LogP contribution in [0.4, 0.5) is 11.4 Å². The maximum Gasteiger partial charge on any atom is 0.256 e. The molecule has 0 aliphatic carbocycles.